The predicted molar refractivity (Wildman–Crippen MR) is 532 cm³/mol. The van der Waals surface area contributed by atoms with Crippen molar-refractivity contribution >= 4 is 125 Å². The summed E-state index contributed by atoms with van der Waals surface area (Å²) in [6, 6.07) is 38.4. The molecule has 27 nitrogen and oxygen atoms in total. The molecule has 38 heteroatoms. The van der Waals surface area contributed by atoms with Crippen LogP contribution >= 0.6 is 57.1 Å². The molecule has 9 aliphatic rings. The molecule has 2 aliphatic carbocycles. The first-order valence-corrected chi connectivity index (χ1v) is 50.7. The van der Waals surface area contributed by atoms with Crippen LogP contribution in [0.2, 0.25) is 0 Å². The molecule has 2 saturated carbocycles. The Kier molecular flexibility index (Phi) is 35.9. The third-order valence-electron chi connectivity index (χ3n) is 26.9. The van der Waals surface area contributed by atoms with Crippen LogP contribution in [0.5, 0.6) is 17.2 Å². The van der Waals surface area contributed by atoms with Crippen molar-refractivity contribution in [3.05, 3.63) is 191 Å². The Labute approximate surface area is 811 Å². The molecule has 16 atom stereocenters. The van der Waals surface area contributed by atoms with Crippen LogP contribution < -0.4 is 51.8 Å². The fourth-order valence-electron chi connectivity index (χ4n) is 16.8. The van der Waals surface area contributed by atoms with Crippen molar-refractivity contribution in [1.29, 1.82) is 0 Å². The normalized spacial score (nSPS) is 28.5. The van der Waals surface area contributed by atoms with Gasteiger partial charge in [-0.25, -0.2) is 23.2 Å². The molecule has 15 rings (SSSR count). The first-order valence-electron chi connectivity index (χ1n) is 45.2. The Balaban J connectivity index is 0.000000169. The Morgan fingerprint density at radius 3 is 1.47 bits per heavy atom. The zero-order chi connectivity index (χ0) is 100. The topological polar surface area (TPSA) is 379 Å². The molecule has 2 bridgehead atoms. The van der Waals surface area contributed by atoms with Gasteiger partial charge in [0.05, 0.1) is 63.2 Å². The molecule has 6 unspecified atom stereocenters. The zero-order valence-corrected chi connectivity index (χ0v) is 84.6. The fourth-order valence-corrected chi connectivity index (χ4v) is 23.1. The van der Waals surface area contributed by atoms with Crippen molar-refractivity contribution in [3.8, 4) is 17.2 Å². The average Bonchev–Trinajstić information content (AvgIpc) is 1.64. The number of fused-ring (bicyclic) bond motifs is 2. The molecule has 0 spiro atoms. The van der Waals surface area contributed by atoms with Crippen LogP contribution in [0.25, 0.3) is 0 Å². The monoisotopic (exact) mass is 1980 g/mol. The second-order valence-corrected chi connectivity index (χ2v) is 46.7. The number of aromatic nitrogens is 1. The lowest BCUT2D eigenvalue weighted by molar-refractivity contribution is -0.136. The van der Waals surface area contributed by atoms with Gasteiger partial charge in [0.1, 0.15) is 71.6 Å². The van der Waals surface area contributed by atoms with Gasteiger partial charge in [0.25, 0.3) is 0 Å². The van der Waals surface area contributed by atoms with Crippen LogP contribution in [0, 0.1) is 40.7 Å². The van der Waals surface area contributed by atoms with Crippen LogP contribution in [0.4, 0.5) is 26.3 Å². The van der Waals surface area contributed by atoms with Crippen LogP contribution in [-0.4, -0.2) is 188 Å². The molecule has 0 radical (unpaired) electrons. The lowest BCUT2D eigenvalue weighted by Gasteiger charge is -2.38. The number of pyridine rings is 1. The maximum atomic E-state index is 14.2. The number of nitrogens with two attached hydrogens (primary N) is 1. The number of aliphatic imine (C=N–C) groups is 6. The van der Waals surface area contributed by atoms with Gasteiger partial charge < -0.3 is 72.1 Å². The van der Waals surface area contributed by atoms with Gasteiger partial charge in [-0.1, -0.05) is 163 Å². The minimum atomic E-state index is -4.44. The van der Waals surface area contributed by atoms with Crippen LogP contribution in [0.3, 0.4) is 0 Å². The molecule has 5 aromatic carbocycles. The number of rotatable bonds is 21. The van der Waals surface area contributed by atoms with Crippen molar-refractivity contribution in [2.45, 2.75) is 246 Å². The number of piperidine rings is 1. The number of methoxy groups -OCH3 is 3. The van der Waals surface area contributed by atoms with Gasteiger partial charge in [0, 0.05) is 59.8 Å². The molecule has 1 aromatic heterocycles. The number of likely N-dealkylation sites (tertiary alicyclic amines) is 1. The van der Waals surface area contributed by atoms with E-state index in [0.29, 0.717) is 52.2 Å². The van der Waals surface area contributed by atoms with E-state index in [9.17, 15) is 70.4 Å². The van der Waals surface area contributed by atoms with E-state index in [1.54, 1.807) is 101 Å². The molecular weight excluding hydrogens is 1850 g/mol. The van der Waals surface area contributed by atoms with Crippen molar-refractivity contribution in [2.24, 2.45) is 64.8 Å². The predicted octanol–water partition coefficient (Wildman–Crippen LogP) is 16.9. The van der Waals surface area contributed by atoms with Crippen molar-refractivity contribution in [2.75, 3.05) is 46.4 Å². The molecule has 5 saturated heterocycles. The molecule has 11 N–H and O–H groups in total. The summed E-state index contributed by atoms with van der Waals surface area (Å²) in [5, 5.41) is 50.0. The van der Waals surface area contributed by atoms with Gasteiger partial charge in [-0.2, -0.15) is 13.2 Å². The van der Waals surface area contributed by atoms with E-state index in [0.717, 1.165) is 99.1 Å². The number of thioether (sulfide) groups is 4. The zero-order valence-electron chi connectivity index (χ0n) is 80.5. The van der Waals surface area contributed by atoms with Gasteiger partial charge in [0.2, 0.25) is 35.4 Å². The average molecular weight is 1980 g/mol. The number of aliphatic hydroxyl groups excluding tert-OH is 2. The fraction of sp³-hybridized carbons (Fsp3) is 0.520. The Bertz CT molecular complexity index is 5330. The van der Waals surface area contributed by atoms with E-state index in [1.165, 1.54) is 94.4 Å². The second kappa shape index (κ2) is 45.0. The largest absolute Gasteiger partial charge is 0.496 e. The van der Waals surface area contributed by atoms with Crippen molar-refractivity contribution in [1.82, 2.24) is 41.8 Å². The molecule has 8 heterocycles. The number of benzene rings is 5. The number of amides is 6. The highest BCUT2D eigenvalue weighted by molar-refractivity contribution is 8.34. The number of ether oxygens (including phenoxy) is 3. The lowest BCUT2D eigenvalue weighted by Crippen LogP contribution is -2.50. The van der Waals surface area contributed by atoms with Gasteiger partial charge in [-0.3, -0.25) is 53.7 Å². The minimum Gasteiger partial charge on any atom is -0.496 e. The molecular formula is C98H129F6N15O12S5. The Morgan fingerprint density at radius 1 is 0.581 bits per heavy atom. The lowest BCUT2D eigenvalue weighted by atomic mass is 9.76. The van der Waals surface area contributed by atoms with E-state index in [1.807, 2.05) is 120 Å². The highest BCUT2D eigenvalue weighted by Gasteiger charge is 2.58. The number of hydrogen-bond donors (Lipinski definition) is 10. The highest BCUT2D eigenvalue weighted by atomic mass is 32.3. The first kappa shape index (κ1) is 108. The van der Waals surface area contributed by atoms with Crippen molar-refractivity contribution in [3.63, 3.8) is 0 Å². The first-order chi connectivity index (χ1) is 63.7. The number of hydrogen-bond acceptors (Lipinski definition) is 25. The molecule has 740 valence electrons. The summed E-state index contributed by atoms with van der Waals surface area (Å²) < 4.78 is 92.0. The van der Waals surface area contributed by atoms with Crippen LogP contribution in [0.15, 0.2) is 176 Å². The summed E-state index contributed by atoms with van der Waals surface area (Å²) in [5.41, 5.74) is 1.43. The van der Waals surface area contributed by atoms with Crippen molar-refractivity contribution < 1.29 is 84.6 Å². The SMILES string of the molecule is CC1(C2CCN(C(=O)CC(N)=O)CC2)SC(=N[C@H]2C[C@@H]3CC[C@H]2C3)NC1=O.COc1ccccc1[C@H](C)N=C1NC(=O)C(C)(c2ccncc2)S1.COc1ccccc1[C@H](C)NC1=N[C@H](O)C(C)(C(C)C)C1.COc1ccccc1[C@H](C)NC1=N[C@H](O)S(C)(C(F)(F)F)C1.C[C@H](N=C1NC(=O)C(C)(C(C)(C)F)S1)c1ccc(F)cc1.C[C@H](N=C1NC(=O)C(C)(C(C)(C)O)S1)c1ccc(F)cc1. The van der Waals surface area contributed by atoms with Gasteiger partial charge in [-0.05, 0) is 223 Å². The van der Waals surface area contributed by atoms with Gasteiger partial charge in [-0.15, -0.1) is 0 Å². The maximum absolute atomic E-state index is 14.2. The summed E-state index contributed by atoms with van der Waals surface area (Å²) in [6.45, 7) is 30.2. The number of para-hydroxylation sites is 3. The van der Waals surface area contributed by atoms with E-state index in [-0.39, 0.29) is 101 Å². The number of primary amides is 1. The number of halogens is 6. The van der Waals surface area contributed by atoms with Gasteiger partial charge in [0.15, 0.2) is 32.5 Å². The Hall–Kier alpha value is -9.70. The van der Waals surface area contributed by atoms with Crippen LogP contribution in [0.1, 0.15) is 226 Å². The standard InChI is InChI=1S/C19H28N4O3S.C18H19N3O2S.C17H26N2O2.C15H18F2N2OS.C15H19FN2O2S.C14H19F3N2O2S/c1-19(13-4-6-23(7-5-13)16(25)10-15(20)24)17(26)22-18(27-19)21-14-9-11-2-3-12(14)8-11;1-12(14-6-4-5-7-15(14)23-3)20-17-21-16(22)18(2,24-17)13-8-10-19-11-9-13;1-11(2)17(4)10-15(19-16(17)20)18-12(3)13-8-6-7-9-14(13)21-5;1-9(10-5-7-11(16)8-6-10)18-13-19-12(20)15(4,21-13)14(2,3)17;1-9(10-5-7-11(16)8-6-10)17-13-18-12(19)15(4,21-13)14(2,3)20;1-9(10-6-4-5-7-11(10)21-2)18-12-8-22(3,13(20)19-12)14(15,16)17/h11-14H,2-10H2,1H3,(H2,20,24)(H,21,22,26);4-12H,1-3H3,(H,20,21,22);6-9,11-12,16,20H,10H2,1-5H3,(H,18,19);5-9H,1-4H3,(H,18,19,20);5-9,20H,1-4H3,(H,17,18,19);4-7,9,13,20H,8H2,1-3H3,(H,18,19)/t11-,12+,14+,19?;12-,18?;12-,16+,17?;2*9-,15?;9-,13+/m100000/s1. The molecule has 7 aliphatic heterocycles. The smallest absolute Gasteiger partial charge is 0.429 e. The Morgan fingerprint density at radius 2 is 1.04 bits per heavy atom. The number of nitrogens with zero attached hydrogens (tertiary/aromatic N) is 8. The summed E-state index contributed by atoms with van der Waals surface area (Å²) in [4.78, 5) is 105. The summed E-state index contributed by atoms with van der Waals surface area (Å²) >= 11 is 5.32. The number of amidine groups is 6. The van der Waals surface area contributed by atoms with E-state index in [4.69, 9.17) is 24.9 Å². The minimum absolute atomic E-state index is 0.0383. The molecule has 6 aromatic rings. The summed E-state index contributed by atoms with van der Waals surface area (Å²) in [7, 11) is 1.62. The number of alkyl halides is 4. The van der Waals surface area contributed by atoms with E-state index < -0.39 is 63.5 Å². The van der Waals surface area contributed by atoms with E-state index >= 15 is 0 Å². The second-order valence-electron chi connectivity index (χ2n) is 37.5. The maximum Gasteiger partial charge on any atom is 0.429 e. The summed E-state index contributed by atoms with van der Waals surface area (Å²) in [6.07, 6.45) is 10.9. The quantitative estimate of drug-likeness (QED) is 0.0236. The number of carbonyl (C=O) groups is 6. The highest BCUT2D eigenvalue weighted by Crippen LogP contribution is 2.64. The third kappa shape index (κ3) is 25.7. The third-order valence-corrected chi connectivity index (χ3v) is 35.5. The molecule has 136 heavy (non-hydrogen) atoms. The number of aliphatic hydroxyl groups is 3. The number of nitrogens with one attached hydrogen (secondary N) is 6. The molecule has 7 fully saturated rings. The number of carbonyl (C=O) groups excluding carboxylic acids is 6. The van der Waals surface area contributed by atoms with Crippen LogP contribution in [-0.2, 0) is 33.5 Å². The summed E-state index contributed by atoms with van der Waals surface area (Å²) in [5.74, 6) is 3.07. The van der Waals surface area contributed by atoms with Gasteiger partial charge >= 0.3 is 5.51 Å². The van der Waals surface area contributed by atoms with E-state index in [2.05, 4.69) is 89.5 Å². The molecule has 6 amide bonds.